The predicted octanol–water partition coefficient (Wildman–Crippen LogP) is 4.62. The van der Waals surface area contributed by atoms with Crippen LogP contribution in [0.15, 0.2) is 36.7 Å². The molecule has 2 aromatic carbocycles. The Hall–Kier alpha value is -2.28. The molecule has 0 aliphatic carbocycles. The Morgan fingerprint density at radius 1 is 1.12 bits per heavy atom. The van der Waals surface area contributed by atoms with Crippen LogP contribution in [0.2, 0.25) is 15.1 Å². The number of aromatic nitrogens is 2. The molecule has 3 aromatic rings. The fraction of sp³-hybridized carbons (Fsp3) is 0.118. The fourth-order valence-corrected chi connectivity index (χ4v) is 3.06. The Labute approximate surface area is 164 Å². The molecule has 1 aromatic heterocycles. The maximum atomic E-state index is 12.1. The molecule has 0 spiro atoms. The molecule has 26 heavy (non-hydrogen) atoms. The summed E-state index contributed by atoms with van der Waals surface area (Å²) in [5.41, 5.74) is 1.01. The summed E-state index contributed by atoms with van der Waals surface area (Å²) < 4.78 is 10.6. The van der Waals surface area contributed by atoms with Crippen LogP contribution in [0.3, 0.4) is 0 Å². The van der Waals surface area contributed by atoms with E-state index in [1.807, 2.05) is 0 Å². The molecule has 1 N–H and O–H groups in total. The summed E-state index contributed by atoms with van der Waals surface area (Å²) >= 11 is 18.2. The van der Waals surface area contributed by atoms with Crippen molar-refractivity contribution in [2.24, 2.45) is 0 Å². The molecule has 1 heterocycles. The van der Waals surface area contributed by atoms with Gasteiger partial charge in [-0.2, -0.15) is 0 Å². The van der Waals surface area contributed by atoms with Crippen LogP contribution in [0.25, 0.3) is 10.9 Å². The van der Waals surface area contributed by atoms with Crippen LogP contribution in [0.5, 0.6) is 11.6 Å². The Morgan fingerprint density at radius 2 is 1.92 bits per heavy atom. The topological polar surface area (TPSA) is 73.3 Å². The largest absolute Gasteiger partial charge is 0.495 e. The zero-order chi connectivity index (χ0) is 18.7. The van der Waals surface area contributed by atoms with Gasteiger partial charge in [0.15, 0.2) is 6.61 Å². The Kier molecular flexibility index (Phi) is 5.66. The average Bonchev–Trinajstić information content (AvgIpc) is 2.60. The molecular formula is C17H12Cl3N3O3. The minimum atomic E-state index is -0.383. The van der Waals surface area contributed by atoms with E-state index in [1.165, 1.54) is 13.4 Å². The van der Waals surface area contributed by atoms with Crippen molar-refractivity contribution in [2.45, 2.75) is 0 Å². The maximum absolute atomic E-state index is 12.1. The number of hydrogen-bond acceptors (Lipinski definition) is 5. The highest BCUT2D eigenvalue weighted by Crippen LogP contribution is 2.31. The number of nitrogens with one attached hydrogen (secondary N) is 1. The Bertz CT molecular complexity index is 982. The van der Waals surface area contributed by atoms with Crippen molar-refractivity contribution in [1.82, 2.24) is 9.97 Å². The third kappa shape index (κ3) is 4.09. The van der Waals surface area contributed by atoms with Crippen molar-refractivity contribution in [2.75, 3.05) is 19.0 Å². The monoisotopic (exact) mass is 411 g/mol. The standard InChI is InChI=1S/C17H12Cl3N3O3/c1-25-14-3-2-10(6-12(14)19)23-15(24)7-26-17-11-4-9(18)5-13(20)16(11)21-8-22-17/h2-6,8H,7H2,1H3,(H,23,24). The predicted molar refractivity (Wildman–Crippen MR) is 102 cm³/mol. The first-order valence-corrected chi connectivity index (χ1v) is 8.47. The second-order valence-corrected chi connectivity index (χ2v) is 6.40. The molecule has 9 heteroatoms. The van der Waals surface area contributed by atoms with Crippen LogP contribution in [0.1, 0.15) is 0 Å². The number of methoxy groups -OCH3 is 1. The highest BCUT2D eigenvalue weighted by atomic mass is 35.5. The molecule has 6 nitrogen and oxygen atoms in total. The quantitative estimate of drug-likeness (QED) is 0.662. The molecule has 0 saturated heterocycles. The average molecular weight is 413 g/mol. The second-order valence-electron chi connectivity index (χ2n) is 5.15. The van der Waals surface area contributed by atoms with Crippen LogP contribution in [0.4, 0.5) is 5.69 Å². The van der Waals surface area contributed by atoms with E-state index in [0.717, 1.165) is 0 Å². The summed E-state index contributed by atoms with van der Waals surface area (Å²) in [5.74, 6) is 0.343. The second kappa shape index (κ2) is 7.95. The number of carbonyl (C=O) groups is 1. The minimum Gasteiger partial charge on any atom is -0.495 e. The number of carbonyl (C=O) groups excluding carboxylic acids is 1. The highest BCUT2D eigenvalue weighted by molar-refractivity contribution is 6.38. The molecule has 3 rings (SSSR count). The van der Waals surface area contributed by atoms with Gasteiger partial charge in [-0.3, -0.25) is 4.79 Å². The van der Waals surface area contributed by atoms with Crippen molar-refractivity contribution in [3.63, 3.8) is 0 Å². The fourth-order valence-electron chi connectivity index (χ4n) is 2.26. The van der Waals surface area contributed by atoms with Gasteiger partial charge in [-0.25, -0.2) is 9.97 Å². The smallest absolute Gasteiger partial charge is 0.262 e. The number of halogens is 3. The van der Waals surface area contributed by atoms with E-state index in [9.17, 15) is 4.79 Å². The number of fused-ring (bicyclic) bond motifs is 1. The molecule has 0 atom stereocenters. The van der Waals surface area contributed by atoms with Crippen LogP contribution in [-0.2, 0) is 4.79 Å². The molecule has 0 fully saturated rings. The van der Waals surface area contributed by atoms with E-state index in [1.54, 1.807) is 30.3 Å². The van der Waals surface area contributed by atoms with E-state index in [0.29, 0.717) is 37.4 Å². The van der Waals surface area contributed by atoms with Gasteiger partial charge in [0.05, 0.1) is 28.1 Å². The Morgan fingerprint density at radius 3 is 2.65 bits per heavy atom. The number of benzene rings is 2. The van der Waals surface area contributed by atoms with Gasteiger partial charge in [0, 0.05) is 10.7 Å². The summed E-state index contributed by atoms with van der Waals surface area (Å²) in [4.78, 5) is 20.2. The summed E-state index contributed by atoms with van der Waals surface area (Å²) in [6, 6.07) is 8.10. The van der Waals surface area contributed by atoms with E-state index in [2.05, 4.69) is 15.3 Å². The van der Waals surface area contributed by atoms with Gasteiger partial charge >= 0.3 is 0 Å². The van der Waals surface area contributed by atoms with Crippen molar-refractivity contribution < 1.29 is 14.3 Å². The van der Waals surface area contributed by atoms with Gasteiger partial charge in [0.2, 0.25) is 5.88 Å². The minimum absolute atomic E-state index is 0.210. The normalized spacial score (nSPS) is 10.6. The first-order valence-electron chi connectivity index (χ1n) is 7.34. The van der Waals surface area contributed by atoms with Crippen LogP contribution < -0.4 is 14.8 Å². The van der Waals surface area contributed by atoms with E-state index in [-0.39, 0.29) is 18.4 Å². The first kappa shape index (κ1) is 18.5. The van der Waals surface area contributed by atoms with Gasteiger partial charge in [-0.15, -0.1) is 0 Å². The SMILES string of the molecule is COc1ccc(NC(=O)COc2ncnc3c(Cl)cc(Cl)cc23)cc1Cl. The van der Waals surface area contributed by atoms with Gasteiger partial charge in [-0.05, 0) is 30.3 Å². The van der Waals surface area contributed by atoms with Gasteiger partial charge in [0.1, 0.15) is 12.1 Å². The van der Waals surface area contributed by atoms with E-state index >= 15 is 0 Å². The molecule has 0 unspecified atom stereocenters. The van der Waals surface area contributed by atoms with Crippen LogP contribution >= 0.6 is 34.8 Å². The number of rotatable bonds is 5. The lowest BCUT2D eigenvalue weighted by Gasteiger charge is -2.10. The number of ether oxygens (including phenoxy) is 2. The van der Waals surface area contributed by atoms with Gasteiger partial charge in [0.25, 0.3) is 5.91 Å². The molecule has 0 saturated carbocycles. The lowest BCUT2D eigenvalue weighted by atomic mass is 10.2. The van der Waals surface area contributed by atoms with Crippen molar-refractivity contribution in [1.29, 1.82) is 0 Å². The number of anilines is 1. The van der Waals surface area contributed by atoms with E-state index < -0.39 is 0 Å². The summed E-state index contributed by atoms with van der Waals surface area (Å²) in [6.45, 7) is -0.264. The third-order valence-corrected chi connectivity index (χ3v) is 4.20. The lowest BCUT2D eigenvalue weighted by Crippen LogP contribution is -2.20. The molecule has 0 aliphatic rings. The number of amides is 1. The third-order valence-electron chi connectivity index (χ3n) is 3.40. The van der Waals surface area contributed by atoms with Crippen LogP contribution in [0, 0.1) is 0 Å². The summed E-state index contributed by atoms with van der Waals surface area (Å²) in [7, 11) is 1.51. The molecular weight excluding hydrogens is 401 g/mol. The number of nitrogens with zero attached hydrogens (tertiary/aromatic N) is 2. The molecule has 134 valence electrons. The zero-order valence-electron chi connectivity index (χ0n) is 13.4. The van der Waals surface area contributed by atoms with Gasteiger partial charge in [-0.1, -0.05) is 34.8 Å². The number of hydrogen-bond donors (Lipinski definition) is 1. The first-order chi connectivity index (χ1) is 12.5. The molecule has 0 radical (unpaired) electrons. The van der Waals surface area contributed by atoms with Crippen molar-refractivity contribution in [3.05, 3.63) is 51.7 Å². The van der Waals surface area contributed by atoms with Crippen molar-refractivity contribution >= 4 is 57.3 Å². The Balaban J connectivity index is 1.72. The highest BCUT2D eigenvalue weighted by Gasteiger charge is 2.12. The van der Waals surface area contributed by atoms with Crippen LogP contribution in [-0.4, -0.2) is 29.6 Å². The van der Waals surface area contributed by atoms with E-state index in [4.69, 9.17) is 44.3 Å². The maximum Gasteiger partial charge on any atom is 0.262 e. The zero-order valence-corrected chi connectivity index (χ0v) is 15.7. The van der Waals surface area contributed by atoms with Crippen molar-refractivity contribution in [3.8, 4) is 11.6 Å². The molecule has 0 aliphatic heterocycles. The summed E-state index contributed by atoms with van der Waals surface area (Å²) in [6.07, 6.45) is 1.30. The summed E-state index contributed by atoms with van der Waals surface area (Å²) in [5, 5.41) is 4.37. The lowest BCUT2D eigenvalue weighted by molar-refractivity contribution is -0.118. The van der Waals surface area contributed by atoms with Gasteiger partial charge < -0.3 is 14.8 Å². The molecule has 1 amide bonds. The molecule has 0 bridgehead atoms.